The minimum atomic E-state index is -3.71. The van der Waals surface area contributed by atoms with Gasteiger partial charge in [0, 0.05) is 31.8 Å². The molecule has 9 heteroatoms. The number of benzene rings is 2. The normalized spacial score (nSPS) is 15.7. The molecular formula is C24H29N3O5S. The Hall–Kier alpha value is -2.91. The molecule has 1 aliphatic rings. The van der Waals surface area contributed by atoms with E-state index in [1.807, 2.05) is 24.3 Å². The van der Waals surface area contributed by atoms with Crippen LogP contribution in [0.15, 0.2) is 56.6 Å². The van der Waals surface area contributed by atoms with Crippen LogP contribution in [0.1, 0.15) is 31.7 Å². The number of carbonyl (C=O) groups excluding carboxylic acids is 1. The molecule has 0 unspecified atom stereocenters. The molecule has 2 heterocycles. The third kappa shape index (κ3) is 5.54. The molecule has 1 fully saturated rings. The Morgan fingerprint density at radius 3 is 2.52 bits per heavy atom. The maximum absolute atomic E-state index is 12.7. The van der Waals surface area contributed by atoms with E-state index in [0.29, 0.717) is 11.2 Å². The number of nitrogens with zero attached hydrogens (tertiary/aromatic N) is 2. The number of rotatable bonds is 7. The number of oxazole rings is 1. The first-order valence-corrected chi connectivity index (χ1v) is 12.8. The number of aromatic nitrogens is 1. The second-order valence-corrected chi connectivity index (χ2v) is 10.9. The highest BCUT2D eigenvalue weighted by Crippen LogP contribution is 2.21. The van der Waals surface area contributed by atoms with Gasteiger partial charge in [-0.1, -0.05) is 19.1 Å². The highest BCUT2D eigenvalue weighted by atomic mass is 32.2. The van der Waals surface area contributed by atoms with E-state index in [1.54, 1.807) is 7.05 Å². The highest BCUT2D eigenvalue weighted by Gasteiger charge is 2.19. The minimum absolute atomic E-state index is 0.0219. The fraction of sp³-hybridized carbons (Fsp3) is 0.417. The van der Waals surface area contributed by atoms with Crippen molar-refractivity contribution in [2.24, 2.45) is 13.0 Å². The molecule has 0 bridgehead atoms. The molecular weight excluding hydrogens is 442 g/mol. The van der Waals surface area contributed by atoms with Crippen molar-refractivity contribution in [3.05, 3.63) is 58.6 Å². The van der Waals surface area contributed by atoms with Gasteiger partial charge in [0.25, 0.3) is 0 Å². The average molecular weight is 472 g/mol. The van der Waals surface area contributed by atoms with E-state index < -0.39 is 15.6 Å². The summed E-state index contributed by atoms with van der Waals surface area (Å²) in [5, 5.41) is 2.76. The van der Waals surface area contributed by atoms with Crippen LogP contribution in [0.5, 0.6) is 0 Å². The summed E-state index contributed by atoms with van der Waals surface area (Å²) in [5.41, 5.74) is 2.54. The van der Waals surface area contributed by atoms with Crippen molar-refractivity contribution < 1.29 is 17.6 Å². The van der Waals surface area contributed by atoms with Gasteiger partial charge in [-0.15, -0.1) is 0 Å². The van der Waals surface area contributed by atoms with E-state index in [2.05, 4.69) is 17.1 Å². The molecule has 0 atom stereocenters. The zero-order chi connectivity index (χ0) is 23.6. The second kappa shape index (κ2) is 9.52. The number of piperidine rings is 1. The lowest BCUT2D eigenvalue weighted by Crippen LogP contribution is -2.32. The Bertz CT molecular complexity index is 1300. The van der Waals surface area contributed by atoms with Crippen LogP contribution in [0.25, 0.3) is 11.1 Å². The summed E-state index contributed by atoms with van der Waals surface area (Å²) >= 11 is 0. The van der Waals surface area contributed by atoms with Gasteiger partial charge < -0.3 is 9.73 Å². The molecule has 176 valence electrons. The highest BCUT2D eigenvalue weighted by molar-refractivity contribution is 7.91. The molecule has 2 aromatic carbocycles. The summed E-state index contributed by atoms with van der Waals surface area (Å²) in [5.74, 6) is -0.476. The summed E-state index contributed by atoms with van der Waals surface area (Å²) < 4.78 is 31.7. The largest absolute Gasteiger partial charge is 0.419 e. The molecule has 4 rings (SSSR count). The van der Waals surface area contributed by atoms with Gasteiger partial charge in [-0.3, -0.25) is 14.3 Å². The lowest BCUT2D eigenvalue weighted by molar-refractivity contribution is -0.115. The summed E-state index contributed by atoms with van der Waals surface area (Å²) in [4.78, 5) is 26.4. The lowest BCUT2D eigenvalue weighted by atomic mass is 9.99. The van der Waals surface area contributed by atoms with Gasteiger partial charge >= 0.3 is 5.76 Å². The number of sulfone groups is 1. The van der Waals surface area contributed by atoms with Crippen LogP contribution in [-0.2, 0) is 28.2 Å². The Kier molecular flexibility index (Phi) is 6.71. The molecule has 3 aromatic rings. The topological polar surface area (TPSA) is 102 Å². The lowest BCUT2D eigenvalue weighted by Gasteiger charge is -2.30. The summed E-state index contributed by atoms with van der Waals surface area (Å²) in [7, 11) is -2.16. The third-order valence-electron chi connectivity index (χ3n) is 6.24. The molecule has 1 aliphatic heterocycles. The van der Waals surface area contributed by atoms with Gasteiger partial charge in [-0.25, -0.2) is 13.2 Å². The Balaban J connectivity index is 1.31. The zero-order valence-corrected chi connectivity index (χ0v) is 19.7. The predicted octanol–water partition coefficient (Wildman–Crippen LogP) is 3.17. The van der Waals surface area contributed by atoms with Crippen LogP contribution in [-0.4, -0.2) is 42.6 Å². The summed E-state index contributed by atoms with van der Waals surface area (Å²) in [6.07, 6.45) is 2.28. The van der Waals surface area contributed by atoms with E-state index in [4.69, 9.17) is 4.42 Å². The third-order valence-corrected chi connectivity index (χ3v) is 7.95. The summed E-state index contributed by atoms with van der Waals surface area (Å²) in [6, 6.07) is 12.0. The van der Waals surface area contributed by atoms with Crippen molar-refractivity contribution >= 4 is 32.5 Å². The second-order valence-electron chi connectivity index (χ2n) is 8.83. The smallest absolute Gasteiger partial charge is 0.408 e. The van der Waals surface area contributed by atoms with Gasteiger partial charge in [-0.2, -0.15) is 0 Å². The van der Waals surface area contributed by atoms with Crippen LogP contribution in [0.4, 0.5) is 5.69 Å². The molecule has 0 aliphatic carbocycles. The number of likely N-dealkylation sites (tertiary alicyclic amines) is 1. The molecule has 0 spiro atoms. The number of carbonyl (C=O) groups is 1. The van der Waals surface area contributed by atoms with Gasteiger partial charge in [0.1, 0.15) is 0 Å². The molecule has 0 radical (unpaired) electrons. The van der Waals surface area contributed by atoms with E-state index in [0.717, 1.165) is 25.6 Å². The van der Waals surface area contributed by atoms with Crippen molar-refractivity contribution in [3.63, 3.8) is 0 Å². The first-order valence-electron chi connectivity index (χ1n) is 11.1. The van der Waals surface area contributed by atoms with Gasteiger partial charge in [0.05, 0.1) is 16.2 Å². The van der Waals surface area contributed by atoms with Crippen LogP contribution in [0.3, 0.4) is 0 Å². The number of aryl methyl sites for hydroxylation is 1. The Labute approximate surface area is 193 Å². The maximum Gasteiger partial charge on any atom is 0.419 e. The van der Waals surface area contributed by atoms with Crippen molar-refractivity contribution in [1.82, 2.24) is 9.47 Å². The minimum Gasteiger partial charge on any atom is -0.408 e. The Morgan fingerprint density at radius 2 is 1.82 bits per heavy atom. The number of hydrogen-bond donors (Lipinski definition) is 1. The van der Waals surface area contributed by atoms with Crippen LogP contribution < -0.4 is 11.1 Å². The van der Waals surface area contributed by atoms with Crippen LogP contribution in [0, 0.1) is 5.92 Å². The number of amides is 1. The molecule has 1 saturated heterocycles. The standard InChI is InChI=1S/C24H29N3O5S/c1-17-9-12-27(13-10-17)16-18-3-5-19(6-4-18)25-23(28)11-14-33(30,31)20-7-8-21-22(15-20)32-24(29)26(21)2/h3-8,15,17H,9-14,16H2,1-2H3,(H,25,28). The zero-order valence-electron chi connectivity index (χ0n) is 18.9. The van der Waals surface area contributed by atoms with Crippen LogP contribution in [0.2, 0.25) is 0 Å². The molecule has 0 saturated carbocycles. The van der Waals surface area contributed by atoms with E-state index in [9.17, 15) is 18.0 Å². The molecule has 1 amide bonds. The fourth-order valence-electron chi connectivity index (χ4n) is 4.05. The quantitative estimate of drug-likeness (QED) is 0.568. The van der Waals surface area contributed by atoms with Crippen molar-refractivity contribution in [3.8, 4) is 0 Å². The van der Waals surface area contributed by atoms with Gasteiger partial charge in [-0.05, 0) is 61.7 Å². The van der Waals surface area contributed by atoms with E-state index >= 15 is 0 Å². The monoisotopic (exact) mass is 471 g/mol. The number of fused-ring (bicyclic) bond motifs is 1. The SMILES string of the molecule is CC1CCN(Cc2ccc(NC(=O)CCS(=O)(=O)c3ccc4c(c3)oc(=O)n4C)cc2)CC1. The molecule has 33 heavy (non-hydrogen) atoms. The van der Waals surface area contributed by atoms with Crippen molar-refractivity contribution in [2.75, 3.05) is 24.2 Å². The predicted molar refractivity (Wildman–Crippen MR) is 127 cm³/mol. The first kappa shape index (κ1) is 23.3. The van der Waals surface area contributed by atoms with Crippen molar-refractivity contribution in [2.45, 2.75) is 37.6 Å². The van der Waals surface area contributed by atoms with E-state index in [-0.39, 0.29) is 28.6 Å². The number of nitrogens with one attached hydrogen (secondary N) is 1. The maximum atomic E-state index is 12.7. The van der Waals surface area contributed by atoms with Gasteiger partial charge in [0.2, 0.25) is 5.91 Å². The molecule has 8 nitrogen and oxygen atoms in total. The molecule has 1 aromatic heterocycles. The van der Waals surface area contributed by atoms with Crippen LogP contribution >= 0.6 is 0 Å². The molecule has 1 N–H and O–H groups in total. The van der Waals surface area contributed by atoms with E-state index in [1.165, 1.54) is 41.2 Å². The summed E-state index contributed by atoms with van der Waals surface area (Å²) in [6.45, 7) is 5.40. The first-order chi connectivity index (χ1) is 15.7. The Morgan fingerprint density at radius 1 is 1.12 bits per heavy atom. The van der Waals surface area contributed by atoms with Gasteiger partial charge in [0.15, 0.2) is 15.4 Å². The number of hydrogen-bond acceptors (Lipinski definition) is 6. The average Bonchev–Trinajstić information content (AvgIpc) is 3.08. The number of anilines is 1. The van der Waals surface area contributed by atoms with Crippen molar-refractivity contribution in [1.29, 1.82) is 0 Å². The fourth-order valence-corrected chi connectivity index (χ4v) is 5.30.